The molecule has 0 aliphatic heterocycles. The number of halogens is 2. The first kappa shape index (κ1) is 13.9. The highest BCUT2D eigenvalue weighted by atomic mass is 19.3. The van der Waals surface area contributed by atoms with Crippen LogP contribution in [0, 0.1) is 17.2 Å². The van der Waals surface area contributed by atoms with Crippen molar-refractivity contribution in [2.24, 2.45) is 5.92 Å². The van der Waals surface area contributed by atoms with Crippen LogP contribution in [0.2, 0.25) is 0 Å². The van der Waals surface area contributed by atoms with Crippen LogP contribution in [-0.2, 0) is 4.79 Å². The molecule has 1 unspecified atom stereocenters. The summed E-state index contributed by atoms with van der Waals surface area (Å²) < 4.78 is 26.2. The second-order valence-electron chi connectivity index (χ2n) is 4.56. The second-order valence-corrected chi connectivity index (χ2v) is 4.56. The Morgan fingerprint density at radius 3 is 2.88 bits per heavy atom. The van der Waals surface area contributed by atoms with Crippen LogP contribution in [0.15, 0.2) is 0 Å². The van der Waals surface area contributed by atoms with Gasteiger partial charge >= 0.3 is 0 Å². The zero-order chi connectivity index (χ0) is 12.7. The van der Waals surface area contributed by atoms with Crippen molar-refractivity contribution in [2.75, 3.05) is 6.54 Å². The van der Waals surface area contributed by atoms with E-state index in [0.29, 0.717) is 25.8 Å². The quantitative estimate of drug-likeness (QED) is 0.756. The van der Waals surface area contributed by atoms with Gasteiger partial charge in [-0.05, 0) is 25.7 Å². The Morgan fingerprint density at radius 2 is 2.24 bits per heavy atom. The third-order valence-electron chi connectivity index (χ3n) is 3.03. The van der Waals surface area contributed by atoms with Gasteiger partial charge in [0.05, 0.1) is 6.07 Å². The van der Waals surface area contributed by atoms with Gasteiger partial charge in [0.2, 0.25) is 11.8 Å². The Kier molecular flexibility index (Phi) is 5.33. The van der Waals surface area contributed by atoms with E-state index in [9.17, 15) is 13.6 Å². The summed E-state index contributed by atoms with van der Waals surface area (Å²) in [4.78, 5) is 11.6. The number of hydrogen-bond acceptors (Lipinski definition) is 2. The Balaban J connectivity index is 2.21. The van der Waals surface area contributed by atoms with Crippen LogP contribution in [0.1, 0.15) is 44.9 Å². The molecule has 96 valence electrons. The molecule has 0 aromatic carbocycles. The molecule has 3 nitrogen and oxygen atoms in total. The second kappa shape index (κ2) is 6.53. The number of nitrogens with one attached hydrogen (secondary N) is 1. The number of hydrogen-bond donors (Lipinski definition) is 1. The number of rotatable bonds is 5. The SMILES string of the molecule is N#CCCCCNC(=O)C1CCCC(F)(F)C1. The molecule has 1 N–H and O–H groups in total. The fourth-order valence-corrected chi connectivity index (χ4v) is 2.08. The summed E-state index contributed by atoms with van der Waals surface area (Å²) in [5.41, 5.74) is 0. The van der Waals surface area contributed by atoms with Crippen molar-refractivity contribution in [1.82, 2.24) is 5.32 Å². The lowest BCUT2D eigenvalue weighted by Gasteiger charge is -2.27. The van der Waals surface area contributed by atoms with Gasteiger partial charge in [0.1, 0.15) is 0 Å². The Labute approximate surface area is 100 Å². The molecule has 0 heterocycles. The highest BCUT2D eigenvalue weighted by Crippen LogP contribution is 2.36. The smallest absolute Gasteiger partial charge is 0.248 e. The maximum absolute atomic E-state index is 13.1. The van der Waals surface area contributed by atoms with E-state index in [1.165, 1.54) is 0 Å². The topological polar surface area (TPSA) is 52.9 Å². The lowest BCUT2D eigenvalue weighted by molar-refractivity contribution is -0.132. The molecule has 0 aromatic rings. The lowest BCUT2D eigenvalue weighted by Crippen LogP contribution is -2.37. The Bertz CT molecular complexity index is 299. The van der Waals surface area contributed by atoms with Crippen molar-refractivity contribution in [2.45, 2.75) is 50.9 Å². The normalized spacial score (nSPS) is 22.8. The van der Waals surface area contributed by atoms with Gasteiger partial charge in [-0.3, -0.25) is 4.79 Å². The van der Waals surface area contributed by atoms with E-state index in [4.69, 9.17) is 5.26 Å². The van der Waals surface area contributed by atoms with E-state index in [0.717, 1.165) is 12.8 Å². The summed E-state index contributed by atoms with van der Waals surface area (Å²) in [6.07, 6.45) is 2.48. The van der Waals surface area contributed by atoms with Gasteiger partial charge in [-0.15, -0.1) is 0 Å². The summed E-state index contributed by atoms with van der Waals surface area (Å²) >= 11 is 0. The number of nitrogens with zero attached hydrogens (tertiary/aromatic N) is 1. The molecule has 1 fully saturated rings. The fourth-order valence-electron chi connectivity index (χ4n) is 2.08. The number of carbonyl (C=O) groups is 1. The zero-order valence-electron chi connectivity index (χ0n) is 9.85. The van der Waals surface area contributed by atoms with Gasteiger partial charge in [0, 0.05) is 31.7 Å². The number of nitriles is 1. The van der Waals surface area contributed by atoms with E-state index >= 15 is 0 Å². The molecule has 1 atom stereocenters. The molecule has 1 aliphatic rings. The number of amides is 1. The Morgan fingerprint density at radius 1 is 1.47 bits per heavy atom. The molecule has 0 radical (unpaired) electrons. The van der Waals surface area contributed by atoms with Crippen molar-refractivity contribution in [3.8, 4) is 6.07 Å². The first-order chi connectivity index (χ1) is 8.05. The molecule has 5 heteroatoms. The van der Waals surface area contributed by atoms with Crippen LogP contribution in [0.5, 0.6) is 0 Å². The average molecular weight is 244 g/mol. The third-order valence-corrected chi connectivity index (χ3v) is 3.03. The molecule has 1 aliphatic carbocycles. The number of alkyl halides is 2. The minimum Gasteiger partial charge on any atom is -0.356 e. The molecular formula is C12H18F2N2O. The highest BCUT2D eigenvalue weighted by molar-refractivity contribution is 5.78. The molecule has 1 amide bonds. The number of unbranched alkanes of at least 4 members (excludes halogenated alkanes) is 2. The van der Waals surface area contributed by atoms with Crippen molar-refractivity contribution in [3.63, 3.8) is 0 Å². The van der Waals surface area contributed by atoms with Crippen LogP contribution >= 0.6 is 0 Å². The molecule has 0 saturated heterocycles. The highest BCUT2D eigenvalue weighted by Gasteiger charge is 2.38. The maximum atomic E-state index is 13.1. The summed E-state index contributed by atoms with van der Waals surface area (Å²) in [6, 6.07) is 2.02. The lowest BCUT2D eigenvalue weighted by atomic mass is 9.86. The Hall–Kier alpha value is -1.18. The van der Waals surface area contributed by atoms with Gasteiger partial charge in [0.15, 0.2) is 0 Å². The first-order valence-corrected chi connectivity index (χ1v) is 6.08. The summed E-state index contributed by atoms with van der Waals surface area (Å²) in [6.45, 7) is 0.475. The van der Waals surface area contributed by atoms with Gasteiger partial charge < -0.3 is 5.32 Å². The monoisotopic (exact) mass is 244 g/mol. The van der Waals surface area contributed by atoms with Crippen molar-refractivity contribution >= 4 is 5.91 Å². The van der Waals surface area contributed by atoms with Crippen LogP contribution in [0.3, 0.4) is 0 Å². The predicted octanol–water partition coefficient (Wildman–Crippen LogP) is 2.62. The van der Waals surface area contributed by atoms with Crippen LogP contribution in [-0.4, -0.2) is 18.4 Å². The van der Waals surface area contributed by atoms with Crippen LogP contribution in [0.25, 0.3) is 0 Å². The van der Waals surface area contributed by atoms with Crippen molar-refractivity contribution in [3.05, 3.63) is 0 Å². The molecule has 0 spiro atoms. The summed E-state index contributed by atoms with van der Waals surface area (Å²) in [5.74, 6) is -3.49. The van der Waals surface area contributed by atoms with E-state index in [2.05, 4.69) is 5.32 Å². The van der Waals surface area contributed by atoms with E-state index < -0.39 is 11.8 Å². The van der Waals surface area contributed by atoms with Crippen LogP contribution in [0.4, 0.5) is 8.78 Å². The minimum atomic E-state index is -2.68. The van der Waals surface area contributed by atoms with Gasteiger partial charge in [-0.25, -0.2) is 8.78 Å². The molecule has 1 rings (SSSR count). The first-order valence-electron chi connectivity index (χ1n) is 6.08. The predicted molar refractivity (Wildman–Crippen MR) is 59.4 cm³/mol. The third kappa shape index (κ3) is 5.12. The van der Waals surface area contributed by atoms with E-state index in [-0.39, 0.29) is 18.7 Å². The van der Waals surface area contributed by atoms with Gasteiger partial charge in [-0.2, -0.15) is 5.26 Å². The van der Waals surface area contributed by atoms with Crippen molar-refractivity contribution in [1.29, 1.82) is 5.26 Å². The molecule has 17 heavy (non-hydrogen) atoms. The summed E-state index contributed by atoms with van der Waals surface area (Å²) in [5, 5.41) is 11.0. The molecular weight excluding hydrogens is 226 g/mol. The minimum absolute atomic E-state index is 0.0983. The number of carbonyl (C=O) groups excluding carboxylic acids is 1. The fraction of sp³-hybridized carbons (Fsp3) is 0.833. The zero-order valence-corrected chi connectivity index (χ0v) is 9.85. The maximum Gasteiger partial charge on any atom is 0.248 e. The molecule has 1 saturated carbocycles. The standard InChI is InChI=1S/C12H18F2N2O/c13-12(14)6-4-5-10(9-12)11(17)16-8-3-1-2-7-15/h10H,1-6,8-9H2,(H,16,17). The van der Waals surface area contributed by atoms with E-state index in [1.54, 1.807) is 0 Å². The van der Waals surface area contributed by atoms with Crippen LogP contribution < -0.4 is 5.32 Å². The van der Waals surface area contributed by atoms with E-state index in [1.807, 2.05) is 6.07 Å². The molecule has 0 bridgehead atoms. The average Bonchev–Trinajstić information content (AvgIpc) is 2.27. The van der Waals surface area contributed by atoms with Gasteiger partial charge in [0.25, 0.3) is 0 Å². The summed E-state index contributed by atoms with van der Waals surface area (Å²) in [7, 11) is 0. The largest absolute Gasteiger partial charge is 0.356 e. The molecule has 0 aromatic heterocycles. The van der Waals surface area contributed by atoms with Gasteiger partial charge in [-0.1, -0.05) is 0 Å². The van der Waals surface area contributed by atoms with Crippen molar-refractivity contribution < 1.29 is 13.6 Å².